The number of hydrogen-bond donors (Lipinski definition) is 1. The van der Waals surface area contributed by atoms with Gasteiger partial charge in [-0.15, -0.1) is 0 Å². The van der Waals surface area contributed by atoms with E-state index in [1.807, 2.05) is 0 Å². The number of hydrogen-bond acceptors (Lipinski definition) is 3. The quantitative estimate of drug-likeness (QED) is 0.843. The first-order chi connectivity index (χ1) is 6.00. The largest absolute Gasteiger partial charge is 0.417 e. The number of alkyl halides is 2. The minimum absolute atomic E-state index is 0.0179. The molecule has 0 fully saturated rings. The average Bonchev–Trinajstić information content (AvgIpc) is 1.98. The van der Waals surface area contributed by atoms with Crippen molar-refractivity contribution in [1.82, 2.24) is 4.98 Å². The molecule has 0 aliphatic carbocycles. The van der Waals surface area contributed by atoms with Crippen molar-refractivity contribution >= 4 is 33.2 Å². The first-order valence-corrected chi connectivity index (χ1v) is 4.24. The second kappa shape index (κ2) is 4.06. The molecule has 7 heteroatoms. The molecule has 0 aromatic carbocycles. The fourth-order valence-electron chi connectivity index (χ4n) is 0.645. The molecule has 3 nitrogen and oxygen atoms in total. The Morgan fingerprint density at radius 3 is 2.69 bits per heavy atom. The molecule has 13 heavy (non-hydrogen) atoms. The summed E-state index contributed by atoms with van der Waals surface area (Å²) in [6.45, 7) is -2.94. The Kier molecular flexibility index (Phi) is 3.27. The van der Waals surface area contributed by atoms with E-state index in [4.69, 9.17) is 17.3 Å². The molecule has 0 amide bonds. The zero-order valence-electron chi connectivity index (χ0n) is 6.10. The van der Waals surface area contributed by atoms with Crippen LogP contribution in [-0.2, 0) is 0 Å². The van der Waals surface area contributed by atoms with Gasteiger partial charge in [0.1, 0.15) is 5.15 Å². The Bertz CT molecular complexity index is 300. The maximum absolute atomic E-state index is 11.7. The standard InChI is InChI=1S/C6H4BrClF2N2O/c7-4-2(11)1-3(12-5(4)8)13-6(9)10/h1,6H,(H2,11,12). The van der Waals surface area contributed by atoms with E-state index in [1.165, 1.54) is 0 Å². The van der Waals surface area contributed by atoms with Crippen LogP contribution in [0.5, 0.6) is 5.88 Å². The van der Waals surface area contributed by atoms with Gasteiger partial charge in [-0.2, -0.15) is 8.78 Å². The van der Waals surface area contributed by atoms with E-state index in [0.29, 0.717) is 4.47 Å². The molecular formula is C6H4BrClF2N2O. The number of rotatable bonds is 2. The summed E-state index contributed by atoms with van der Waals surface area (Å²) in [6.07, 6.45) is 0. The van der Waals surface area contributed by atoms with Crippen LogP contribution in [0.2, 0.25) is 5.15 Å². The van der Waals surface area contributed by atoms with Crippen LogP contribution in [0.4, 0.5) is 14.5 Å². The Hall–Kier alpha value is -0.620. The van der Waals surface area contributed by atoms with Crippen LogP contribution in [0.15, 0.2) is 10.5 Å². The van der Waals surface area contributed by atoms with Crippen LogP contribution in [0.25, 0.3) is 0 Å². The van der Waals surface area contributed by atoms with Crippen LogP contribution in [0, 0.1) is 0 Å². The Balaban J connectivity index is 2.99. The normalized spacial score (nSPS) is 10.5. The van der Waals surface area contributed by atoms with Crippen molar-refractivity contribution in [2.75, 3.05) is 5.73 Å². The SMILES string of the molecule is Nc1cc(OC(F)F)nc(Cl)c1Br. The summed E-state index contributed by atoms with van der Waals surface area (Å²) < 4.78 is 27.8. The van der Waals surface area contributed by atoms with Crippen LogP contribution in [0.1, 0.15) is 0 Å². The lowest BCUT2D eigenvalue weighted by molar-refractivity contribution is -0.0527. The molecule has 1 heterocycles. The number of nitrogen functional groups attached to an aromatic ring is 1. The zero-order chi connectivity index (χ0) is 10.0. The number of aromatic nitrogens is 1. The van der Waals surface area contributed by atoms with E-state index >= 15 is 0 Å². The molecule has 0 saturated carbocycles. The van der Waals surface area contributed by atoms with Crippen molar-refractivity contribution in [3.8, 4) is 5.88 Å². The molecule has 0 atom stereocenters. The molecule has 1 rings (SSSR count). The Labute approximate surface area is 86.0 Å². The highest BCUT2D eigenvalue weighted by molar-refractivity contribution is 9.10. The minimum atomic E-state index is -2.94. The summed E-state index contributed by atoms with van der Waals surface area (Å²) in [4.78, 5) is 3.51. The highest BCUT2D eigenvalue weighted by Gasteiger charge is 2.10. The molecule has 0 bridgehead atoms. The minimum Gasteiger partial charge on any atom is -0.417 e. The topological polar surface area (TPSA) is 48.1 Å². The summed E-state index contributed by atoms with van der Waals surface area (Å²) in [6, 6.07) is 1.15. The summed E-state index contributed by atoms with van der Waals surface area (Å²) in [5.74, 6) is -0.305. The van der Waals surface area contributed by atoms with Crippen molar-refractivity contribution in [2.24, 2.45) is 0 Å². The first-order valence-electron chi connectivity index (χ1n) is 3.07. The monoisotopic (exact) mass is 272 g/mol. The molecule has 2 N–H and O–H groups in total. The van der Waals surface area contributed by atoms with Gasteiger partial charge < -0.3 is 10.5 Å². The lowest BCUT2D eigenvalue weighted by Crippen LogP contribution is -2.04. The number of ether oxygens (including phenoxy) is 1. The highest BCUT2D eigenvalue weighted by atomic mass is 79.9. The van der Waals surface area contributed by atoms with Gasteiger partial charge in [0.2, 0.25) is 5.88 Å². The fourth-order valence-corrected chi connectivity index (χ4v) is 1.04. The number of anilines is 1. The smallest absolute Gasteiger partial charge is 0.388 e. The second-order valence-electron chi connectivity index (χ2n) is 2.03. The van der Waals surface area contributed by atoms with E-state index in [-0.39, 0.29) is 16.7 Å². The number of halogens is 4. The second-order valence-corrected chi connectivity index (χ2v) is 3.18. The van der Waals surface area contributed by atoms with Crippen LogP contribution >= 0.6 is 27.5 Å². The van der Waals surface area contributed by atoms with Crippen molar-refractivity contribution in [1.29, 1.82) is 0 Å². The third kappa shape index (κ3) is 2.67. The van der Waals surface area contributed by atoms with Gasteiger partial charge in [0, 0.05) is 6.07 Å². The average molecular weight is 273 g/mol. The summed E-state index contributed by atoms with van der Waals surface area (Å²) >= 11 is 8.56. The van der Waals surface area contributed by atoms with E-state index < -0.39 is 6.61 Å². The van der Waals surface area contributed by atoms with Crippen molar-refractivity contribution in [3.05, 3.63) is 15.7 Å². The Morgan fingerprint density at radius 1 is 1.62 bits per heavy atom. The van der Waals surface area contributed by atoms with Gasteiger partial charge in [-0.1, -0.05) is 11.6 Å². The van der Waals surface area contributed by atoms with Crippen molar-refractivity contribution in [2.45, 2.75) is 6.61 Å². The van der Waals surface area contributed by atoms with Crippen molar-refractivity contribution in [3.63, 3.8) is 0 Å². The van der Waals surface area contributed by atoms with Crippen LogP contribution in [-0.4, -0.2) is 11.6 Å². The molecule has 0 saturated heterocycles. The first kappa shape index (κ1) is 10.5. The van der Waals surface area contributed by atoms with Gasteiger partial charge >= 0.3 is 6.61 Å². The van der Waals surface area contributed by atoms with E-state index in [9.17, 15) is 8.78 Å². The maximum atomic E-state index is 11.7. The summed E-state index contributed by atoms with van der Waals surface area (Å²) in [7, 11) is 0. The van der Waals surface area contributed by atoms with Gasteiger partial charge in [0.25, 0.3) is 0 Å². The third-order valence-corrected chi connectivity index (χ3v) is 2.47. The summed E-state index contributed by atoms with van der Waals surface area (Å²) in [5, 5.41) is -0.0179. The molecule has 1 aromatic rings. The van der Waals surface area contributed by atoms with E-state index in [0.717, 1.165) is 6.07 Å². The molecule has 0 aliphatic rings. The lowest BCUT2D eigenvalue weighted by Gasteiger charge is -2.06. The molecule has 72 valence electrons. The zero-order valence-corrected chi connectivity index (χ0v) is 8.44. The Morgan fingerprint density at radius 2 is 2.23 bits per heavy atom. The number of nitrogens with two attached hydrogens (primary N) is 1. The van der Waals surface area contributed by atoms with Gasteiger partial charge in [-0.3, -0.25) is 0 Å². The molecule has 0 spiro atoms. The van der Waals surface area contributed by atoms with Crippen molar-refractivity contribution < 1.29 is 13.5 Å². The number of pyridine rings is 1. The highest BCUT2D eigenvalue weighted by Crippen LogP contribution is 2.30. The number of nitrogens with zero attached hydrogens (tertiary/aromatic N) is 1. The van der Waals surface area contributed by atoms with E-state index in [2.05, 4.69) is 25.7 Å². The van der Waals surface area contributed by atoms with Gasteiger partial charge in [-0.25, -0.2) is 4.98 Å². The van der Waals surface area contributed by atoms with Gasteiger partial charge in [0.15, 0.2) is 0 Å². The summed E-state index contributed by atoms with van der Waals surface area (Å²) in [5.41, 5.74) is 5.59. The van der Waals surface area contributed by atoms with E-state index in [1.54, 1.807) is 0 Å². The molecule has 0 radical (unpaired) electrons. The van der Waals surface area contributed by atoms with Crippen LogP contribution < -0.4 is 10.5 Å². The molecular weight excluding hydrogens is 269 g/mol. The predicted octanol–water partition coefficient (Wildman–Crippen LogP) is 2.68. The van der Waals surface area contributed by atoms with Gasteiger partial charge in [0.05, 0.1) is 10.2 Å². The molecule has 1 aromatic heterocycles. The fraction of sp³-hybridized carbons (Fsp3) is 0.167. The molecule has 0 unspecified atom stereocenters. The molecule has 0 aliphatic heterocycles. The van der Waals surface area contributed by atoms with Gasteiger partial charge in [-0.05, 0) is 15.9 Å². The lowest BCUT2D eigenvalue weighted by atomic mass is 10.4. The third-order valence-electron chi connectivity index (χ3n) is 1.13. The predicted molar refractivity (Wildman–Crippen MR) is 48.0 cm³/mol. The maximum Gasteiger partial charge on any atom is 0.388 e. The van der Waals surface area contributed by atoms with Crippen LogP contribution in [0.3, 0.4) is 0 Å².